The number of hydrogen-bond acceptors (Lipinski definition) is 5. The standard InChI is InChI=1S/C14H19N5O2/c1-10(9-20)3-2-8-15-14(21)12-6-4-11(5-7-12)13-16-18-19-17-13/h4-7,10,20H,2-3,8-9H2,1H3,(H,15,21)(H,16,17,18,19). The van der Waals surface area contributed by atoms with E-state index in [-0.39, 0.29) is 18.4 Å². The van der Waals surface area contributed by atoms with Gasteiger partial charge in [-0.3, -0.25) is 4.79 Å². The van der Waals surface area contributed by atoms with Crippen molar-refractivity contribution in [1.82, 2.24) is 25.9 Å². The molecule has 0 aliphatic heterocycles. The molecule has 0 saturated heterocycles. The SMILES string of the molecule is CC(CO)CCCNC(=O)c1ccc(-c2nn[nH]n2)cc1. The summed E-state index contributed by atoms with van der Waals surface area (Å²) in [5.74, 6) is 0.669. The maximum Gasteiger partial charge on any atom is 0.251 e. The first-order valence-corrected chi connectivity index (χ1v) is 6.93. The first-order chi connectivity index (χ1) is 10.2. The van der Waals surface area contributed by atoms with Crippen LogP contribution in [-0.4, -0.2) is 44.8 Å². The Morgan fingerprint density at radius 3 is 2.76 bits per heavy atom. The van der Waals surface area contributed by atoms with E-state index in [0.717, 1.165) is 18.4 Å². The van der Waals surface area contributed by atoms with Crippen LogP contribution in [0.1, 0.15) is 30.1 Å². The molecule has 2 aromatic rings. The highest BCUT2D eigenvalue weighted by Gasteiger charge is 2.07. The molecule has 1 unspecified atom stereocenters. The molecule has 1 aromatic carbocycles. The first-order valence-electron chi connectivity index (χ1n) is 6.93. The lowest BCUT2D eigenvalue weighted by Gasteiger charge is -2.08. The fraction of sp³-hybridized carbons (Fsp3) is 0.429. The van der Waals surface area contributed by atoms with Crippen molar-refractivity contribution in [3.63, 3.8) is 0 Å². The molecule has 0 radical (unpaired) electrons. The Balaban J connectivity index is 1.83. The average molecular weight is 289 g/mol. The number of aromatic amines is 1. The number of hydrogen-bond donors (Lipinski definition) is 3. The number of nitrogens with zero attached hydrogens (tertiary/aromatic N) is 3. The minimum absolute atomic E-state index is 0.105. The monoisotopic (exact) mass is 289 g/mol. The van der Waals surface area contributed by atoms with Crippen LogP contribution in [-0.2, 0) is 0 Å². The number of carbonyl (C=O) groups is 1. The van der Waals surface area contributed by atoms with Crippen LogP contribution in [0.15, 0.2) is 24.3 Å². The number of aliphatic hydroxyl groups is 1. The quantitative estimate of drug-likeness (QED) is 0.660. The molecule has 1 aromatic heterocycles. The number of nitrogens with one attached hydrogen (secondary N) is 2. The predicted molar refractivity (Wildman–Crippen MR) is 77.4 cm³/mol. The number of aromatic nitrogens is 4. The highest BCUT2D eigenvalue weighted by atomic mass is 16.3. The van der Waals surface area contributed by atoms with Crippen molar-refractivity contribution in [2.45, 2.75) is 19.8 Å². The lowest BCUT2D eigenvalue weighted by atomic mass is 10.1. The normalized spacial score (nSPS) is 12.1. The molecule has 21 heavy (non-hydrogen) atoms. The van der Waals surface area contributed by atoms with Crippen molar-refractivity contribution in [1.29, 1.82) is 0 Å². The summed E-state index contributed by atoms with van der Waals surface area (Å²) in [6.07, 6.45) is 1.75. The van der Waals surface area contributed by atoms with Crippen molar-refractivity contribution >= 4 is 5.91 Å². The van der Waals surface area contributed by atoms with Crippen molar-refractivity contribution in [3.05, 3.63) is 29.8 Å². The molecule has 0 fully saturated rings. The van der Waals surface area contributed by atoms with E-state index in [1.54, 1.807) is 24.3 Å². The number of rotatable bonds is 7. The van der Waals surface area contributed by atoms with E-state index in [4.69, 9.17) is 5.11 Å². The zero-order valence-electron chi connectivity index (χ0n) is 11.9. The summed E-state index contributed by atoms with van der Waals surface area (Å²) in [6.45, 7) is 2.78. The van der Waals surface area contributed by atoms with Crippen molar-refractivity contribution < 1.29 is 9.90 Å². The topological polar surface area (TPSA) is 104 Å². The number of benzene rings is 1. The Morgan fingerprint density at radius 2 is 2.14 bits per heavy atom. The van der Waals surface area contributed by atoms with Gasteiger partial charge in [-0.2, -0.15) is 5.21 Å². The lowest BCUT2D eigenvalue weighted by Crippen LogP contribution is -2.24. The van der Waals surface area contributed by atoms with Crippen molar-refractivity contribution in [3.8, 4) is 11.4 Å². The van der Waals surface area contributed by atoms with E-state index in [1.165, 1.54) is 0 Å². The molecule has 1 heterocycles. The van der Waals surface area contributed by atoms with Gasteiger partial charge in [0.1, 0.15) is 0 Å². The van der Waals surface area contributed by atoms with Gasteiger partial charge in [0, 0.05) is 24.3 Å². The fourth-order valence-corrected chi connectivity index (χ4v) is 1.90. The van der Waals surface area contributed by atoms with E-state index in [2.05, 4.69) is 25.9 Å². The van der Waals surface area contributed by atoms with Gasteiger partial charge in [-0.05, 0) is 36.1 Å². The molecule has 2 rings (SSSR count). The molecule has 7 nitrogen and oxygen atoms in total. The summed E-state index contributed by atoms with van der Waals surface area (Å²) in [4.78, 5) is 11.9. The number of H-pyrrole nitrogens is 1. The summed E-state index contributed by atoms with van der Waals surface area (Å²) < 4.78 is 0. The largest absolute Gasteiger partial charge is 0.396 e. The third kappa shape index (κ3) is 4.35. The van der Waals surface area contributed by atoms with Crippen LogP contribution in [0.25, 0.3) is 11.4 Å². The molecule has 0 aliphatic carbocycles. The van der Waals surface area contributed by atoms with Gasteiger partial charge in [-0.15, -0.1) is 10.2 Å². The van der Waals surface area contributed by atoms with Crippen LogP contribution in [0.5, 0.6) is 0 Å². The van der Waals surface area contributed by atoms with Gasteiger partial charge < -0.3 is 10.4 Å². The zero-order valence-corrected chi connectivity index (χ0v) is 11.9. The minimum atomic E-state index is -0.105. The summed E-state index contributed by atoms with van der Waals surface area (Å²) in [6, 6.07) is 7.04. The van der Waals surface area contributed by atoms with Gasteiger partial charge >= 0.3 is 0 Å². The smallest absolute Gasteiger partial charge is 0.251 e. The highest BCUT2D eigenvalue weighted by Crippen LogP contribution is 2.13. The summed E-state index contributed by atoms with van der Waals surface area (Å²) in [5, 5.41) is 25.4. The van der Waals surface area contributed by atoms with Crippen LogP contribution >= 0.6 is 0 Å². The number of aliphatic hydroxyl groups excluding tert-OH is 1. The molecule has 1 atom stereocenters. The molecule has 1 amide bonds. The molecule has 7 heteroatoms. The van der Waals surface area contributed by atoms with E-state index in [1.807, 2.05) is 6.92 Å². The van der Waals surface area contributed by atoms with Crippen LogP contribution in [0, 0.1) is 5.92 Å². The van der Waals surface area contributed by atoms with Gasteiger partial charge in [0.15, 0.2) is 0 Å². The molecule has 3 N–H and O–H groups in total. The second kappa shape index (κ2) is 7.49. The molecule has 0 bridgehead atoms. The average Bonchev–Trinajstić information content (AvgIpc) is 3.05. The molecular formula is C14H19N5O2. The van der Waals surface area contributed by atoms with E-state index >= 15 is 0 Å². The van der Waals surface area contributed by atoms with Crippen LogP contribution in [0.3, 0.4) is 0 Å². The van der Waals surface area contributed by atoms with Crippen LogP contribution < -0.4 is 5.32 Å². The second-order valence-electron chi connectivity index (χ2n) is 5.00. The Kier molecular flexibility index (Phi) is 5.39. The molecule has 0 aliphatic rings. The van der Waals surface area contributed by atoms with E-state index < -0.39 is 0 Å². The summed E-state index contributed by atoms with van der Waals surface area (Å²) >= 11 is 0. The van der Waals surface area contributed by atoms with E-state index in [9.17, 15) is 4.79 Å². The highest BCUT2D eigenvalue weighted by molar-refractivity contribution is 5.94. The predicted octanol–water partition coefficient (Wildman–Crippen LogP) is 1.01. The first kappa shape index (κ1) is 15.1. The summed E-state index contributed by atoms with van der Waals surface area (Å²) in [7, 11) is 0. The summed E-state index contributed by atoms with van der Waals surface area (Å²) in [5.41, 5.74) is 1.40. The Labute approximate surface area is 122 Å². The lowest BCUT2D eigenvalue weighted by molar-refractivity contribution is 0.0952. The van der Waals surface area contributed by atoms with Gasteiger partial charge in [-0.1, -0.05) is 19.1 Å². The minimum Gasteiger partial charge on any atom is -0.396 e. The number of tetrazole rings is 1. The third-order valence-corrected chi connectivity index (χ3v) is 3.22. The molecular weight excluding hydrogens is 270 g/mol. The number of carbonyl (C=O) groups excluding carboxylic acids is 1. The van der Waals surface area contributed by atoms with Gasteiger partial charge in [-0.25, -0.2) is 0 Å². The van der Waals surface area contributed by atoms with E-state index in [0.29, 0.717) is 17.9 Å². The molecule has 112 valence electrons. The number of amides is 1. The van der Waals surface area contributed by atoms with Crippen molar-refractivity contribution in [2.75, 3.05) is 13.2 Å². The Bertz CT molecular complexity index is 553. The Morgan fingerprint density at radius 1 is 1.38 bits per heavy atom. The van der Waals surface area contributed by atoms with Gasteiger partial charge in [0.05, 0.1) is 0 Å². The molecule has 0 spiro atoms. The second-order valence-corrected chi connectivity index (χ2v) is 5.00. The Hall–Kier alpha value is -2.28. The fourth-order valence-electron chi connectivity index (χ4n) is 1.90. The third-order valence-electron chi connectivity index (χ3n) is 3.22. The zero-order chi connectivity index (χ0) is 15.1. The van der Waals surface area contributed by atoms with Gasteiger partial charge in [0.2, 0.25) is 5.82 Å². The van der Waals surface area contributed by atoms with Crippen LogP contribution in [0.2, 0.25) is 0 Å². The maximum absolute atomic E-state index is 11.9. The van der Waals surface area contributed by atoms with Gasteiger partial charge in [0.25, 0.3) is 5.91 Å². The van der Waals surface area contributed by atoms with Crippen LogP contribution in [0.4, 0.5) is 0 Å². The van der Waals surface area contributed by atoms with Crippen molar-refractivity contribution in [2.24, 2.45) is 5.92 Å². The molecule has 0 saturated carbocycles. The maximum atomic E-state index is 11.9.